The van der Waals surface area contributed by atoms with E-state index in [9.17, 15) is 4.79 Å². The lowest BCUT2D eigenvalue weighted by Gasteiger charge is -1.95. The van der Waals surface area contributed by atoms with E-state index in [0.717, 1.165) is 15.7 Å². The summed E-state index contributed by atoms with van der Waals surface area (Å²) in [4.78, 5) is 11.1. The van der Waals surface area contributed by atoms with Crippen LogP contribution in [0.2, 0.25) is 0 Å². The maximum Gasteiger partial charge on any atom is 0.225 e. The molecule has 4 nitrogen and oxygen atoms in total. The third-order valence-corrected chi connectivity index (χ3v) is 3.62. The Bertz CT molecular complexity index is 362. The Morgan fingerprint density at radius 1 is 1.60 bits per heavy atom. The van der Waals surface area contributed by atoms with Gasteiger partial charge in [-0.3, -0.25) is 4.79 Å². The minimum atomic E-state index is -0.0393. The van der Waals surface area contributed by atoms with E-state index in [2.05, 4.69) is 22.1 Å². The molecule has 0 spiro atoms. The molecule has 1 heterocycles. The summed E-state index contributed by atoms with van der Waals surface area (Å²) in [7, 11) is 0. The number of rotatable bonds is 5. The Morgan fingerprint density at radius 3 is 2.93 bits per heavy atom. The van der Waals surface area contributed by atoms with Gasteiger partial charge in [-0.15, -0.1) is 10.2 Å². The van der Waals surface area contributed by atoms with E-state index in [-0.39, 0.29) is 5.91 Å². The van der Waals surface area contributed by atoms with Crippen molar-refractivity contribution < 1.29 is 4.79 Å². The van der Waals surface area contributed by atoms with Gasteiger partial charge >= 0.3 is 0 Å². The summed E-state index contributed by atoms with van der Waals surface area (Å²) >= 11 is 2.96. The summed E-state index contributed by atoms with van der Waals surface area (Å²) in [5.41, 5.74) is 1.09. The average molecular weight is 243 g/mol. The number of carbonyl (C=O) groups is 1. The highest BCUT2D eigenvalue weighted by Crippen LogP contribution is 2.26. The molecule has 0 saturated carbocycles. The summed E-state index contributed by atoms with van der Waals surface area (Å²) in [5, 5.41) is 11.1. The summed E-state index contributed by atoms with van der Waals surface area (Å²) in [6.45, 7) is 7.57. The zero-order valence-electron chi connectivity index (χ0n) is 8.74. The molecule has 0 fully saturated rings. The molecule has 0 aliphatic carbocycles. The molecule has 15 heavy (non-hydrogen) atoms. The molecular weight excluding hydrogens is 230 g/mol. The Morgan fingerprint density at radius 2 is 2.33 bits per heavy atom. The molecule has 1 N–H and O–H groups in total. The smallest absolute Gasteiger partial charge is 0.225 e. The number of hydrogen-bond acceptors (Lipinski definition) is 5. The van der Waals surface area contributed by atoms with E-state index in [4.69, 9.17) is 0 Å². The fourth-order valence-corrected chi connectivity index (χ4v) is 2.32. The van der Waals surface area contributed by atoms with Crippen LogP contribution in [0.5, 0.6) is 0 Å². The third kappa shape index (κ3) is 4.44. The number of amides is 1. The van der Waals surface area contributed by atoms with Crippen molar-refractivity contribution in [3.05, 3.63) is 12.2 Å². The molecule has 0 saturated heterocycles. The number of aromatic nitrogens is 2. The first-order valence-corrected chi connectivity index (χ1v) is 6.32. The van der Waals surface area contributed by atoms with Gasteiger partial charge < -0.3 is 5.32 Å². The zero-order chi connectivity index (χ0) is 11.3. The molecule has 0 aromatic carbocycles. The molecule has 1 rings (SSSR count). The van der Waals surface area contributed by atoms with Gasteiger partial charge in [0.15, 0.2) is 4.34 Å². The van der Waals surface area contributed by atoms with Gasteiger partial charge in [0, 0.05) is 12.2 Å². The second-order valence-corrected chi connectivity index (χ2v) is 5.22. The normalized spacial score (nSPS) is 10.0. The predicted molar refractivity (Wildman–Crippen MR) is 64.4 cm³/mol. The molecule has 1 aromatic heterocycles. The van der Waals surface area contributed by atoms with Gasteiger partial charge in [0.1, 0.15) is 0 Å². The largest absolute Gasteiger partial charge is 0.301 e. The predicted octanol–water partition coefficient (Wildman–Crippen LogP) is 2.55. The highest BCUT2D eigenvalue weighted by atomic mass is 32.2. The van der Waals surface area contributed by atoms with Crippen molar-refractivity contribution in [1.82, 2.24) is 10.2 Å². The topological polar surface area (TPSA) is 54.9 Å². The molecule has 0 aliphatic rings. The number of thioether (sulfide) groups is 1. The summed E-state index contributed by atoms with van der Waals surface area (Å²) < 4.78 is 0.851. The fourth-order valence-electron chi connectivity index (χ4n) is 0.711. The average Bonchev–Trinajstić information content (AvgIpc) is 2.62. The molecule has 0 atom stereocenters. The number of hydrogen-bond donors (Lipinski definition) is 1. The van der Waals surface area contributed by atoms with E-state index >= 15 is 0 Å². The molecule has 0 radical (unpaired) electrons. The van der Waals surface area contributed by atoms with Crippen molar-refractivity contribution >= 4 is 34.1 Å². The first kappa shape index (κ1) is 12.2. The van der Waals surface area contributed by atoms with Crippen LogP contribution in [0.1, 0.15) is 20.3 Å². The van der Waals surface area contributed by atoms with Crippen molar-refractivity contribution in [2.75, 3.05) is 11.1 Å². The van der Waals surface area contributed by atoms with Crippen LogP contribution < -0.4 is 5.32 Å². The maximum absolute atomic E-state index is 11.1. The van der Waals surface area contributed by atoms with Gasteiger partial charge in [-0.25, -0.2) is 0 Å². The second kappa shape index (κ2) is 5.87. The fraction of sp³-hybridized carbons (Fsp3) is 0.444. The molecule has 0 unspecified atom stereocenters. The van der Waals surface area contributed by atoms with Gasteiger partial charge in [0.05, 0.1) is 0 Å². The Kier molecular flexibility index (Phi) is 4.77. The van der Waals surface area contributed by atoms with Crippen LogP contribution in [-0.2, 0) is 4.79 Å². The Balaban J connectivity index is 2.49. The van der Waals surface area contributed by atoms with Crippen LogP contribution in [0.15, 0.2) is 16.5 Å². The van der Waals surface area contributed by atoms with Crippen LogP contribution in [0, 0.1) is 0 Å². The molecule has 0 aliphatic heterocycles. The minimum Gasteiger partial charge on any atom is -0.301 e. The first-order valence-electron chi connectivity index (χ1n) is 4.52. The van der Waals surface area contributed by atoms with Crippen molar-refractivity contribution in [2.24, 2.45) is 0 Å². The standard InChI is InChI=1S/C9H13N3OS2/c1-4-7(13)10-8-11-12-9(15-8)14-5-6(2)3/h2,4-5H2,1,3H3,(H,10,11,13). The summed E-state index contributed by atoms with van der Waals surface area (Å²) in [6.07, 6.45) is 0.452. The van der Waals surface area contributed by atoms with Crippen LogP contribution in [0.4, 0.5) is 5.13 Å². The summed E-state index contributed by atoms with van der Waals surface area (Å²) in [5.74, 6) is 0.790. The summed E-state index contributed by atoms with van der Waals surface area (Å²) in [6, 6.07) is 0. The number of anilines is 1. The lowest BCUT2D eigenvalue weighted by atomic mass is 10.4. The minimum absolute atomic E-state index is 0.0393. The van der Waals surface area contributed by atoms with Gasteiger partial charge in [0.2, 0.25) is 11.0 Å². The molecule has 82 valence electrons. The van der Waals surface area contributed by atoms with Gasteiger partial charge in [-0.05, 0) is 6.92 Å². The van der Waals surface area contributed by atoms with Crippen LogP contribution in [0.25, 0.3) is 0 Å². The number of carbonyl (C=O) groups excluding carboxylic acids is 1. The van der Waals surface area contributed by atoms with E-state index < -0.39 is 0 Å². The highest BCUT2D eigenvalue weighted by Gasteiger charge is 2.06. The van der Waals surface area contributed by atoms with Crippen molar-refractivity contribution in [3.8, 4) is 0 Å². The van der Waals surface area contributed by atoms with Crippen molar-refractivity contribution in [1.29, 1.82) is 0 Å². The van der Waals surface area contributed by atoms with Crippen LogP contribution in [0.3, 0.4) is 0 Å². The maximum atomic E-state index is 11.1. The van der Waals surface area contributed by atoms with E-state index in [1.54, 1.807) is 18.7 Å². The highest BCUT2D eigenvalue weighted by molar-refractivity contribution is 8.01. The SMILES string of the molecule is C=C(C)CSc1nnc(NC(=O)CC)s1. The van der Waals surface area contributed by atoms with Crippen LogP contribution >= 0.6 is 23.1 Å². The number of nitrogens with one attached hydrogen (secondary N) is 1. The van der Waals surface area contributed by atoms with E-state index in [1.165, 1.54) is 11.3 Å². The van der Waals surface area contributed by atoms with Gasteiger partial charge in [-0.2, -0.15) is 0 Å². The van der Waals surface area contributed by atoms with Gasteiger partial charge in [0.25, 0.3) is 0 Å². The lowest BCUT2D eigenvalue weighted by Crippen LogP contribution is -2.08. The second-order valence-electron chi connectivity index (χ2n) is 3.02. The van der Waals surface area contributed by atoms with Crippen molar-refractivity contribution in [2.45, 2.75) is 24.6 Å². The zero-order valence-corrected chi connectivity index (χ0v) is 10.4. The third-order valence-electron chi connectivity index (χ3n) is 1.42. The first-order chi connectivity index (χ1) is 7.11. The number of nitrogens with zero attached hydrogens (tertiary/aromatic N) is 2. The lowest BCUT2D eigenvalue weighted by molar-refractivity contribution is -0.115. The monoisotopic (exact) mass is 243 g/mol. The molecule has 1 aromatic rings. The van der Waals surface area contributed by atoms with Gasteiger partial charge in [-0.1, -0.05) is 42.2 Å². The van der Waals surface area contributed by atoms with E-state index in [0.29, 0.717) is 11.6 Å². The van der Waals surface area contributed by atoms with E-state index in [1.807, 2.05) is 6.92 Å². The molecule has 1 amide bonds. The Labute approximate surface area is 97.2 Å². The van der Waals surface area contributed by atoms with Crippen molar-refractivity contribution in [3.63, 3.8) is 0 Å². The quantitative estimate of drug-likeness (QED) is 0.490. The molecule has 6 heteroatoms. The molecular formula is C9H13N3OS2. The molecule has 0 bridgehead atoms. The Hall–Kier alpha value is -0.880. The van der Waals surface area contributed by atoms with Crippen LogP contribution in [-0.4, -0.2) is 21.9 Å².